The second kappa shape index (κ2) is 10.3. The van der Waals surface area contributed by atoms with Gasteiger partial charge in [0, 0.05) is 25.9 Å². The molecule has 0 bridgehead atoms. The van der Waals surface area contributed by atoms with Crippen LogP contribution < -0.4 is 0 Å². The van der Waals surface area contributed by atoms with E-state index in [4.69, 9.17) is 18.4 Å². The summed E-state index contributed by atoms with van der Waals surface area (Å²) < 4.78 is 17.2. The van der Waals surface area contributed by atoms with Crippen LogP contribution >= 0.6 is 0 Å². The third kappa shape index (κ3) is 6.98. The van der Waals surface area contributed by atoms with Gasteiger partial charge in [-0.25, -0.2) is 0 Å². The van der Waals surface area contributed by atoms with Gasteiger partial charge in [0.1, 0.15) is 6.10 Å². The Labute approximate surface area is 116 Å². The standard InChI is InChI=1S/C13H26O5Si/c1-5-9-13(15)12(4)18-19(16-6-2,17-7-3)11-8-10-14/h5,9,12,14H,6-8,10-11H2,1-4H3. The zero-order chi connectivity index (χ0) is 14.7. The van der Waals surface area contributed by atoms with Crippen LogP contribution in [0.4, 0.5) is 0 Å². The highest BCUT2D eigenvalue weighted by Crippen LogP contribution is 2.20. The second-order valence-electron chi connectivity index (χ2n) is 4.04. The summed E-state index contributed by atoms with van der Waals surface area (Å²) in [6.45, 7) is 8.18. The van der Waals surface area contributed by atoms with Crippen LogP contribution in [0.15, 0.2) is 12.2 Å². The van der Waals surface area contributed by atoms with E-state index in [1.807, 2.05) is 13.8 Å². The number of ketones is 1. The molecule has 1 N–H and O–H groups in total. The van der Waals surface area contributed by atoms with Gasteiger partial charge in [-0.15, -0.1) is 0 Å². The predicted octanol–water partition coefficient (Wildman–Crippen LogP) is 1.93. The lowest BCUT2D eigenvalue weighted by atomic mass is 10.2. The Morgan fingerprint density at radius 1 is 1.32 bits per heavy atom. The molecule has 0 aromatic heterocycles. The molecule has 0 fully saturated rings. The summed E-state index contributed by atoms with van der Waals surface area (Å²) in [5, 5.41) is 8.97. The van der Waals surface area contributed by atoms with E-state index in [1.54, 1.807) is 19.9 Å². The van der Waals surface area contributed by atoms with E-state index in [2.05, 4.69) is 0 Å². The average Bonchev–Trinajstić information content (AvgIpc) is 2.37. The van der Waals surface area contributed by atoms with Crippen LogP contribution in [0.25, 0.3) is 0 Å². The SMILES string of the molecule is CC=CC(=O)C(C)O[Si](CCCO)(OCC)OCC. The molecule has 6 heteroatoms. The Hall–Kier alpha value is -0.533. The fourth-order valence-corrected chi connectivity index (χ4v) is 4.43. The molecule has 0 saturated heterocycles. The molecule has 1 atom stereocenters. The van der Waals surface area contributed by atoms with Crippen LogP contribution in [0.3, 0.4) is 0 Å². The number of rotatable bonds is 11. The summed E-state index contributed by atoms with van der Waals surface area (Å²) in [7, 11) is -2.89. The first kappa shape index (κ1) is 18.5. The third-order valence-corrected chi connectivity index (χ3v) is 5.59. The van der Waals surface area contributed by atoms with E-state index in [0.717, 1.165) is 0 Å². The van der Waals surface area contributed by atoms with Gasteiger partial charge in [0.2, 0.25) is 0 Å². The van der Waals surface area contributed by atoms with E-state index in [9.17, 15) is 4.79 Å². The second-order valence-corrected chi connectivity index (χ2v) is 6.72. The molecule has 0 amide bonds. The van der Waals surface area contributed by atoms with E-state index in [-0.39, 0.29) is 12.4 Å². The monoisotopic (exact) mass is 290 g/mol. The molecule has 0 aliphatic heterocycles. The highest BCUT2D eigenvalue weighted by atomic mass is 28.4. The van der Waals surface area contributed by atoms with Gasteiger partial charge in [0.25, 0.3) is 0 Å². The number of hydrogen-bond donors (Lipinski definition) is 1. The van der Waals surface area contributed by atoms with E-state index in [0.29, 0.717) is 25.7 Å². The van der Waals surface area contributed by atoms with E-state index in [1.165, 1.54) is 6.08 Å². The predicted molar refractivity (Wildman–Crippen MR) is 75.9 cm³/mol. The zero-order valence-electron chi connectivity index (χ0n) is 12.3. The highest BCUT2D eigenvalue weighted by molar-refractivity contribution is 6.61. The van der Waals surface area contributed by atoms with E-state index < -0.39 is 14.9 Å². The van der Waals surface area contributed by atoms with Crippen molar-refractivity contribution in [3.05, 3.63) is 12.2 Å². The van der Waals surface area contributed by atoms with Crippen LogP contribution in [-0.4, -0.2) is 45.6 Å². The summed E-state index contributed by atoms with van der Waals surface area (Å²) in [6.07, 6.45) is 3.10. The van der Waals surface area contributed by atoms with Gasteiger partial charge < -0.3 is 18.4 Å². The van der Waals surface area contributed by atoms with Crippen molar-refractivity contribution in [2.75, 3.05) is 19.8 Å². The van der Waals surface area contributed by atoms with Gasteiger partial charge >= 0.3 is 8.80 Å². The summed E-state index contributed by atoms with van der Waals surface area (Å²) in [5.74, 6) is -0.109. The van der Waals surface area contributed by atoms with Gasteiger partial charge in [0.05, 0.1) is 0 Å². The van der Waals surface area contributed by atoms with Crippen LogP contribution in [0.2, 0.25) is 6.04 Å². The molecule has 0 aromatic carbocycles. The number of allylic oxidation sites excluding steroid dienone is 1. The Kier molecular flexibility index (Phi) is 9.99. The third-order valence-electron chi connectivity index (χ3n) is 2.46. The van der Waals surface area contributed by atoms with Gasteiger partial charge in [-0.3, -0.25) is 4.79 Å². The Morgan fingerprint density at radius 2 is 1.89 bits per heavy atom. The number of aliphatic hydroxyl groups is 1. The minimum Gasteiger partial charge on any atom is -0.396 e. The molecular formula is C13H26O5Si. The van der Waals surface area contributed by atoms with Crippen LogP contribution in [-0.2, 0) is 18.1 Å². The summed E-state index contributed by atoms with van der Waals surface area (Å²) in [4.78, 5) is 11.8. The van der Waals surface area contributed by atoms with Crippen molar-refractivity contribution < 1.29 is 23.2 Å². The van der Waals surface area contributed by atoms with Crippen molar-refractivity contribution in [3.63, 3.8) is 0 Å². The maximum Gasteiger partial charge on any atom is 0.501 e. The molecule has 0 aromatic rings. The lowest BCUT2D eigenvalue weighted by molar-refractivity contribution is -0.122. The smallest absolute Gasteiger partial charge is 0.396 e. The van der Waals surface area contributed by atoms with Crippen molar-refractivity contribution >= 4 is 14.6 Å². The average molecular weight is 290 g/mol. The molecule has 0 saturated carbocycles. The zero-order valence-corrected chi connectivity index (χ0v) is 13.3. The molecule has 0 rings (SSSR count). The number of aliphatic hydroxyl groups excluding tert-OH is 1. The molecule has 0 spiro atoms. The molecule has 112 valence electrons. The van der Waals surface area contributed by atoms with Gasteiger partial charge in [0.15, 0.2) is 5.78 Å². The van der Waals surface area contributed by atoms with Gasteiger partial charge in [-0.2, -0.15) is 0 Å². The lowest BCUT2D eigenvalue weighted by Gasteiger charge is -2.30. The van der Waals surface area contributed by atoms with Gasteiger partial charge in [-0.05, 0) is 40.2 Å². The maximum atomic E-state index is 11.8. The Bertz CT molecular complexity index is 274. The molecule has 0 heterocycles. The molecule has 5 nitrogen and oxygen atoms in total. The fraction of sp³-hybridized carbons (Fsp3) is 0.769. The first-order chi connectivity index (χ1) is 9.05. The van der Waals surface area contributed by atoms with Gasteiger partial charge in [-0.1, -0.05) is 6.08 Å². The largest absolute Gasteiger partial charge is 0.501 e. The summed E-state index contributed by atoms with van der Waals surface area (Å²) >= 11 is 0. The molecule has 0 aliphatic rings. The normalized spacial score (nSPS) is 13.9. The van der Waals surface area contributed by atoms with Crippen LogP contribution in [0.5, 0.6) is 0 Å². The summed E-state index contributed by atoms with van der Waals surface area (Å²) in [5.41, 5.74) is 0. The maximum absolute atomic E-state index is 11.8. The van der Waals surface area contributed by atoms with Crippen molar-refractivity contribution in [2.45, 2.75) is 46.3 Å². The Morgan fingerprint density at radius 3 is 2.32 bits per heavy atom. The van der Waals surface area contributed by atoms with Crippen molar-refractivity contribution in [3.8, 4) is 0 Å². The molecule has 0 aliphatic carbocycles. The van der Waals surface area contributed by atoms with Crippen LogP contribution in [0.1, 0.15) is 34.1 Å². The number of carbonyl (C=O) groups is 1. The Balaban J connectivity index is 4.82. The summed E-state index contributed by atoms with van der Waals surface area (Å²) in [6, 6.07) is 0.513. The number of hydrogen-bond acceptors (Lipinski definition) is 5. The fourth-order valence-electron chi connectivity index (χ4n) is 1.68. The van der Waals surface area contributed by atoms with Crippen LogP contribution in [0, 0.1) is 0 Å². The first-order valence-corrected chi connectivity index (χ1v) is 8.71. The first-order valence-electron chi connectivity index (χ1n) is 6.78. The quantitative estimate of drug-likeness (QED) is 0.465. The highest BCUT2D eigenvalue weighted by Gasteiger charge is 2.42. The lowest BCUT2D eigenvalue weighted by Crippen LogP contribution is -2.49. The molecule has 1 unspecified atom stereocenters. The van der Waals surface area contributed by atoms with Crippen molar-refractivity contribution in [1.82, 2.24) is 0 Å². The minimum atomic E-state index is -2.89. The number of carbonyl (C=O) groups excluding carboxylic acids is 1. The van der Waals surface area contributed by atoms with Crippen molar-refractivity contribution in [1.29, 1.82) is 0 Å². The molecule has 19 heavy (non-hydrogen) atoms. The van der Waals surface area contributed by atoms with E-state index >= 15 is 0 Å². The van der Waals surface area contributed by atoms with Crippen molar-refractivity contribution in [2.24, 2.45) is 0 Å². The molecule has 0 radical (unpaired) electrons. The minimum absolute atomic E-state index is 0.0510. The molecular weight excluding hydrogens is 264 g/mol. The topological polar surface area (TPSA) is 65.0 Å².